The molecule has 0 bridgehead atoms. The van der Waals surface area contributed by atoms with E-state index in [4.69, 9.17) is 0 Å². The largest absolute Gasteiger partial charge is 0.357 e. The average molecular weight is 211 g/mol. The molecule has 1 aromatic rings. The van der Waals surface area contributed by atoms with Crippen LogP contribution < -0.4 is 5.32 Å². The zero-order valence-electron chi connectivity index (χ0n) is 9.16. The van der Waals surface area contributed by atoms with Gasteiger partial charge in [0.1, 0.15) is 5.03 Å². The third kappa shape index (κ3) is 2.87. The van der Waals surface area contributed by atoms with Gasteiger partial charge in [0, 0.05) is 18.5 Å². The van der Waals surface area contributed by atoms with Gasteiger partial charge in [-0.1, -0.05) is 13.8 Å². The first-order valence-corrected chi connectivity index (χ1v) is 5.73. The summed E-state index contributed by atoms with van der Waals surface area (Å²) in [6.45, 7) is 6.45. The Morgan fingerprint density at radius 2 is 2.29 bits per heavy atom. The number of thioether (sulfide) groups is 1. The van der Waals surface area contributed by atoms with E-state index in [2.05, 4.69) is 29.1 Å². The summed E-state index contributed by atoms with van der Waals surface area (Å²) in [5, 5.41) is 4.64. The predicted octanol–water partition coefficient (Wildman–Crippen LogP) is 2.72. The second-order valence-corrected chi connectivity index (χ2v) is 4.70. The van der Waals surface area contributed by atoms with E-state index in [-0.39, 0.29) is 0 Å². The third-order valence-corrected chi connectivity index (χ3v) is 3.41. The number of anilines is 1. The molecule has 0 amide bonds. The van der Waals surface area contributed by atoms with Crippen molar-refractivity contribution in [1.82, 2.24) is 9.97 Å². The summed E-state index contributed by atoms with van der Waals surface area (Å²) in [5.41, 5.74) is 1.15. The average Bonchev–Trinajstić information content (AvgIpc) is 2.21. The number of nitrogens with one attached hydrogen (secondary N) is 1. The molecule has 0 aliphatic carbocycles. The van der Waals surface area contributed by atoms with Crippen LogP contribution >= 0.6 is 11.8 Å². The maximum atomic E-state index is 4.42. The molecule has 1 aromatic heterocycles. The zero-order chi connectivity index (χ0) is 10.6. The lowest BCUT2D eigenvalue weighted by Crippen LogP contribution is -2.01. The topological polar surface area (TPSA) is 37.8 Å². The summed E-state index contributed by atoms with van der Waals surface area (Å²) >= 11 is 1.81. The summed E-state index contributed by atoms with van der Waals surface area (Å²) in [7, 11) is 1.84. The van der Waals surface area contributed by atoms with E-state index < -0.39 is 0 Å². The molecule has 0 saturated carbocycles. The molecule has 0 saturated heterocycles. The molecular formula is C10H17N3S. The maximum absolute atomic E-state index is 4.42. The molecule has 1 rings (SSSR count). The molecule has 3 nitrogen and oxygen atoms in total. The maximum Gasteiger partial charge on any atom is 0.223 e. The summed E-state index contributed by atoms with van der Waals surface area (Å²) < 4.78 is 0. The van der Waals surface area contributed by atoms with Crippen LogP contribution in [0.25, 0.3) is 0 Å². The van der Waals surface area contributed by atoms with Crippen LogP contribution in [0.4, 0.5) is 5.95 Å². The number of nitrogens with zero attached hydrogens (tertiary/aromatic N) is 2. The van der Waals surface area contributed by atoms with E-state index in [0.717, 1.165) is 17.0 Å². The highest BCUT2D eigenvalue weighted by molar-refractivity contribution is 7.99. The number of rotatable bonds is 4. The fourth-order valence-corrected chi connectivity index (χ4v) is 1.87. The first kappa shape index (κ1) is 11.3. The Labute approximate surface area is 89.7 Å². The number of hydrogen-bond donors (Lipinski definition) is 1. The van der Waals surface area contributed by atoms with Crippen LogP contribution in [0.3, 0.4) is 0 Å². The first-order chi connectivity index (χ1) is 6.67. The van der Waals surface area contributed by atoms with Gasteiger partial charge in [0.15, 0.2) is 0 Å². The normalized spacial score (nSPS) is 12.6. The van der Waals surface area contributed by atoms with Gasteiger partial charge in [0.2, 0.25) is 5.95 Å². The lowest BCUT2D eigenvalue weighted by Gasteiger charge is -2.10. The van der Waals surface area contributed by atoms with Gasteiger partial charge >= 0.3 is 0 Å². The molecule has 14 heavy (non-hydrogen) atoms. The van der Waals surface area contributed by atoms with Crippen LogP contribution in [0.15, 0.2) is 11.2 Å². The molecule has 0 aromatic carbocycles. The Kier molecular flexibility index (Phi) is 4.20. The van der Waals surface area contributed by atoms with E-state index in [9.17, 15) is 0 Å². The first-order valence-electron chi connectivity index (χ1n) is 4.85. The minimum atomic E-state index is 0.605. The van der Waals surface area contributed by atoms with Crippen molar-refractivity contribution in [2.75, 3.05) is 12.4 Å². The van der Waals surface area contributed by atoms with Crippen LogP contribution in [-0.2, 0) is 0 Å². The minimum Gasteiger partial charge on any atom is -0.357 e. The second kappa shape index (κ2) is 5.20. The fourth-order valence-electron chi connectivity index (χ4n) is 0.940. The van der Waals surface area contributed by atoms with Gasteiger partial charge in [-0.2, -0.15) is 0 Å². The lowest BCUT2D eigenvalue weighted by atomic mass is 10.4. The molecular weight excluding hydrogens is 194 g/mol. The van der Waals surface area contributed by atoms with Crippen molar-refractivity contribution in [3.8, 4) is 0 Å². The highest BCUT2D eigenvalue weighted by Gasteiger charge is 2.07. The molecule has 0 radical (unpaired) electrons. The second-order valence-electron chi connectivity index (χ2n) is 3.27. The number of hydrogen-bond acceptors (Lipinski definition) is 4. The quantitative estimate of drug-likeness (QED) is 0.614. The van der Waals surface area contributed by atoms with Gasteiger partial charge in [-0.05, 0) is 18.9 Å². The monoisotopic (exact) mass is 211 g/mol. The lowest BCUT2D eigenvalue weighted by molar-refractivity contribution is 0.895. The highest BCUT2D eigenvalue weighted by atomic mass is 32.2. The van der Waals surface area contributed by atoms with Gasteiger partial charge in [-0.25, -0.2) is 9.97 Å². The Balaban J connectivity index is 2.83. The highest BCUT2D eigenvalue weighted by Crippen LogP contribution is 2.26. The molecule has 0 spiro atoms. The minimum absolute atomic E-state index is 0.605. The third-order valence-electron chi connectivity index (χ3n) is 2.04. The van der Waals surface area contributed by atoms with Crippen molar-refractivity contribution in [2.45, 2.75) is 37.5 Å². The SMILES string of the molecule is CCC(C)Sc1nc(NC)ncc1C. The molecule has 1 atom stereocenters. The van der Waals surface area contributed by atoms with Crippen LogP contribution in [0.1, 0.15) is 25.8 Å². The smallest absolute Gasteiger partial charge is 0.223 e. The standard InChI is InChI=1S/C10H17N3S/c1-5-8(3)14-9-7(2)6-12-10(11-4)13-9/h6,8H,5H2,1-4H3,(H,11,12,13). The van der Waals surface area contributed by atoms with E-state index in [1.54, 1.807) is 0 Å². The van der Waals surface area contributed by atoms with Crippen LogP contribution in [-0.4, -0.2) is 22.3 Å². The van der Waals surface area contributed by atoms with Crippen molar-refractivity contribution < 1.29 is 0 Å². The molecule has 0 aliphatic rings. The van der Waals surface area contributed by atoms with Crippen molar-refractivity contribution in [1.29, 1.82) is 0 Å². The molecule has 1 N–H and O–H groups in total. The molecule has 4 heteroatoms. The summed E-state index contributed by atoms with van der Waals surface area (Å²) in [6, 6.07) is 0. The van der Waals surface area contributed by atoms with Crippen molar-refractivity contribution in [3.05, 3.63) is 11.8 Å². The van der Waals surface area contributed by atoms with E-state index in [1.807, 2.05) is 31.9 Å². The Morgan fingerprint density at radius 1 is 1.57 bits per heavy atom. The van der Waals surface area contributed by atoms with E-state index in [1.165, 1.54) is 0 Å². The summed E-state index contributed by atoms with van der Waals surface area (Å²) in [5.74, 6) is 0.696. The van der Waals surface area contributed by atoms with E-state index in [0.29, 0.717) is 11.2 Å². The van der Waals surface area contributed by atoms with Gasteiger partial charge in [-0.15, -0.1) is 11.8 Å². The summed E-state index contributed by atoms with van der Waals surface area (Å²) in [4.78, 5) is 8.57. The molecule has 1 heterocycles. The van der Waals surface area contributed by atoms with Crippen LogP contribution in [0, 0.1) is 6.92 Å². The fraction of sp³-hybridized carbons (Fsp3) is 0.600. The van der Waals surface area contributed by atoms with Gasteiger partial charge in [-0.3, -0.25) is 0 Å². The zero-order valence-corrected chi connectivity index (χ0v) is 9.98. The van der Waals surface area contributed by atoms with Crippen molar-refractivity contribution >= 4 is 17.7 Å². The van der Waals surface area contributed by atoms with Crippen molar-refractivity contribution in [3.63, 3.8) is 0 Å². The number of aromatic nitrogens is 2. The van der Waals surface area contributed by atoms with E-state index >= 15 is 0 Å². The molecule has 0 aliphatic heterocycles. The Bertz CT molecular complexity index is 301. The van der Waals surface area contributed by atoms with Crippen LogP contribution in [0.2, 0.25) is 0 Å². The Morgan fingerprint density at radius 3 is 2.86 bits per heavy atom. The summed E-state index contributed by atoms with van der Waals surface area (Å²) in [6.07, 6.45) is 3.02. The van der Waals surface area contributed by atoms with Crippen LogP contribution in [0.5, 0.6) is 0 Å². The van der Waals surface area contributed by atoms with Gasteiger partial charge < -0.3 is 5.32 Å². The Hall–Kier alpha value is -0.770. The predicted molar refractivity (Wildman–Crippen MR) is 61.9 cm³/mol. The number of aryl methyl sites for hydroxylation is 1. The molecule has 1 unspecified atom stereocenters. The van der Waals surface area contributed by atoms with Gasteiger partial charge in [0.05, 0.1) is 0 Å². The molecule has 78 valence electrons. The molecule has 0 fully saturated rings. The van der Waals surface area contributed by atoms with Crippen molar-refractivity contribution in [2.24, 2.45) is 0 Å². The van der Waals surface area contributed by atoms with Gasteiger partial charge in [0.25, 0.3) is 0 Å².